The van der Waals surface area contributed by atoms with Crippen molar-refractivity contribution in [3.63, 3.8) is 0 Å². The van der Waals surface area contributed by atoms with Crippen LogP contribution in [0.2, 0.25) is 0 Å². The maximum absolute atomic E-state index is 8.55. The highest BCUT2D eigenvalue weighted by molar-refractivity contribution is 6.12. The fourth-order valence-corrected chi connectivity index (χ4v) is 7.55. The maximum atomic E-state index is 8.55. The minimum Gasteiger partial charge on any atom is -0.329 e. The van der Waals surface area contributed by atoms with Gasteiger partial charge >= 0.3 is 0 Å². The van der Waals surface area contributed by atoms with Crippen molar-refractivity contribution < 1.29 is 0 Å². The maximum Gasteiger partial charge on any atom is 0.202 e. The van der Waals surface area contributed by atoms with E-state index in [9.17, 15) is 0 Å². The molecule has 5 aromatic carbocycles. The van der Waals surface area contributed by atoms with Crippen molar-refractivity contribution in [1.82, 2.24) is 9.13 Å². The molecule has 0 atom stereocenters. The third-order valence-corrected chi connectivity index (χ3v) is 10.8. The summed E-state index contributed by atoms with van der Waals surface area (Å²) in [5.41, 5.74) is 11.5. The highest BCUT2D eigenvalue weighted by Gasteiger charge is 2.26. The van der Waals surface area contributed by atoms with E-state index in [1.807, 2.05) is 12.1 Å². The Labute approximate surface area is 309 Å². The van der Waals surface area contributed by atoms with Crippen molar-refractivity contribution in [1.29, 1.82) is 0 Å². The Kier molecular flexibility index (Phi) is 7.83. The number of nitrogens with zero attached hydrogens (tertiary/aromatic N) is 4. The Morgan fingerprint density at radius 3 is 0.904 bits per heavy atom. The fraction of sp³-hybridized carbons (Fsp3) is 0.333. The van der Waals surface area contributed by atoms with Gasteiger partial charge in [0.25, 0.3) is 0 Å². The van der Waals surface area contributed by atoms with Crippen molar-refractivity contribution in [2.75, 3.05) is 0 Å². The zero-order valence-electron chi connectivity index (χ0n) is 32.9. The summed E-state index contributed by atoms with van der Waals surface area (Å²) < 4.78 is 4.40. The standard InChI is InChI=1S/C48H50N4/c1-45(2,3)29-15-19-40-34(23-29)35-24-30(46(4,5)6)16-20-41(35)51(40)33-27-38(49-13)44(39(28-33)50-14)52-42-21-17-31(47(7,8)9)25-36(42)37-26-32(48(10,11)12)18-22-43(37)52/h15-28H,1-12H3. The number of aromatic nitrogens is 2. The van der Waals surface area contributed by atoms with E-state index >= 15 is 0 Å². The average molecular weight is 683 g/mol. The van der Waals surface area contributed by atoms with Crippen molar-refractivity contribution in [2.45, 2.75) is 105 Å². The first-order valence-electron chi connectivity index (χ1n) is 18.3. The van der Waals surface area contributed by atoms with E-state index in [-0.39, 0.29) is 21.7 Å². The van der Waals surface area contributed by atoms with Crippen LogP contribution >= 0.6 is 0 Å². The minimum absolute atomic E-state index is 0.00988. The molecule has 0 unspecified atom stereocenters. The van der Waals surface area contributed by atoms with Gasteiger partial charge in [0.15, 0.2) is 0 Å². The lowest BCUT2D eigenvalue weighted by Gasteiger charge is -2.20. The first-order valence-corrected chi connectivity index (χ1v) is 18.3. The second kappa shape index (κ2) is 11.6. The van der Waals surface area contributed by atoms with E-state index in [0.29, 0.717) is 17.1 Å². The Morgan fingerprint density at radius 2 is 0.654 bits per heavy atom. The molecule has 0 amide bonds. The van der Waals surface area contributed by atoms with Crippen LogP contribution in [-0.2, 0) is 21.7 Å². The summed E-state index contributed by atoms with van der Waals surface area (Å²) in [5, 5.41) is 4.63. The van der Waals surface area contributed by atoms with Crippen LogP contribution in [0.1, 0.15) is 105 Å². The van der Waals surface area contributed by atoms with Gasteiger partial charge in [-0.15, -0.1) is 0 Å². The molecule has 4 nitrogen and oxygen atoms in total. The van der Waals surface area contributed by atoms with Crippen LogP contribution in [0, 0.1) is 13.1 Å². The van der Waals surface area contributed by atoms with Crippen LogP contribution in [0.4, 0.5) is 11.4 Å². The summed E-state index contributed by atoms with van der Waals surface area (Å²) in [7, 11) is 0. The monoisotopic (exact) mass is 682 g/mol. The molecule has 0 saturated carbocycles. The molecule has 0 aliphatic heterocycles. The van der Waals surface area contributed by atoms with Gasteiger partial charge in [-0.25, -0.2) is 9.69 Å². The molecule has 0 saturated heterocycles. The first-order chi connectivity index (χ1) is 24.2. The molecule has 0 spiro atoms. The molecule has 7 rings (SSSR count). The van der Waals surface area contributed by atoms with Gasteiger partial charge in [-0.05, 0) is 105 Å². The Balaban J connectivity index is 1.56. The number of hydrogen-bond acceptors (Lipinski definition) is 0. The summed E-state index contributed by atoms with van der Waals surface area (Å²) in [5.74, 6) is 0. The molecule has 7 aromatic rings. The van der Waals surface area contributed by atoms with Crippen LogP contribution in [0.5, 0.6) is 0 Å². The van der Waals surface area contributed by atoms with Crippen molar-refractivity contribution in [2.24, 2.45) is 0 Å². The zero-order valence-corrected chi connectivity index (χ0v) is 32.9. The Hall–Kier alpha value is -5.32. The molecule has 2 heterocycles. The molecule has 0 radical (unpaired) electrons. The van der Waals surface area contributed by atoms with Gasteiger partial charge in [0.2, 0.25) is 11.4 Å². The zero-order chi connectivity index (χ0) is 37.7. The fourth-order valence-electron chi connectivity index (χ4n) is 7.55. The lowest BCUT2D eigenvalue weighted by molar-refractivity contribution is 0.590. The summed E-state index contributed by atoms with van der Waals surface area (Å²) in [6.45, 7) is 44.0. The van der Waals surface area contributed by atoms with Gasteiger partial charge in [0.05, 0.1) is 40.9 Å². The van der Waals surface area contributed by atoms with Gasteiger partial charge < -0.3 is 9.13 Å². The molecule has 0 aliphatic rings. The van der Waals surface area contributed by atoms with Crippen LogP contribution in [0.3, 0.4) is 0 Å². The number of fused-ring (bicyclic) bond motifs is 6. The molecule has 2 aromatic heterocycles. The molecule has 0 bridgehead atoms. The minimum atomic E-state index is -0.0289. The largest absolute Gasteiger partial charge is 0.329 e. The van der Waals surface area contributed by atoms with Gasteiger partial charge in [0, 0.05) is 27.2 Å². The number of benzene rings is 5. The second-order valence-electron chi connectivity index (χ2n) is 18.7. The second-order valence-corrected chi connectivity index (χ2v) is 18.7. The highest BCUT2D eigenvalue weighted by atomic mass is 15.0. The SMILES string of the molecule is [C-]#[N+]c1cc(-n2c3ccc(C(C)(C)C)cc3c3cc(C(C)(C)C)ccc32)cc([N+]#[C-])c1-n1c2ccc(C(C)(C)C)cc2c2cc(C(C)(C)C)ccc21. The smallest absolute Gasteiger partial charge is 0.202 e. The van der Waals surface area contributed by atoms with Crippen molar-refractivity contribution in [3.05, 3.63) is 130 Å². The lowest BCUT2D eigenvalue weighted by atomic mass is 9.85. The summed E-state index contributed by atoms with van der Waals surface area (Å²) in [4.78, 5) is 8.32. The van der Waals surface area contributed by atoms with Crippen LogP contribution in [0.15, 0.2) is 84.9 Å². The molecule has 0 N–H and O–H groups in total. The van der Waals surface area contributed by atoms with Crippen LogP contribution in [0.25, 0.3) is 64.7 Å². The summed E-state index contributed by atoms with van der Waals surface area (Å²) in [6.07, 6.45) is 0. The molecule has 0 aliphatic carbocycles. The molecule has 262 valence electrons. The normalized spacial score (nSPS) is 13.0. The Morgan fingerprint density at radius 1 is 0.385 bits per heavy atom. The average Bonchev–Trinajstić information content (AvgIpc) is 3.57. The van der Waals surface area contributed by atoms with Gasteiger partial charge in [-0.3, -0.25) is 0 Å². The van der Waals surface area contributed by atoms with Crippen LogP contribution in [-0.4, -0.2) is 9.13 Å². The Bertz CT molecular complexity index is 2490. The van der Waals surface area contributed by atoms with Crippen molar-refractivity contribution >= 4 is 55.0 Å². The van der Waals surface area contributed by atoms with Gasteiger partial charge in [0.1, 0.15) is 0 Å². The predicted molar refractivity (Wildman–Crippen MR) is 222 cm³/mol. The van der Waals surface area contributed by atoms with Gasteiger partial charge in [-0.1, -0.05) is 107 Å². The van der Waals surface area contributed by atoms with E-state index in [4.69, 9.17) is 13.1 Å². The van der Waals surface area contributed by atoms with E-state index in [1.54, 1.807) is 0 Å². The van der Waals surface area contributed by atoms with E-state index in [0.717, 1.165) is 38.5 Å². The molecule has 52 heavy (non-hydrogen) atoms. The predicted octanol–water partition coefficient (Wildman–Crippen LogP) is 14.2. The van der Waals surface area contributed by atoms with Crippen LogP contribution < -0.4 is 0 Å². The van der Waals surface area contributed by atoms with Crippen molar-refractivity contribution in [3.8, 4) is 11.4 Å². The summed E-state index contributed by atoms with van der Waals surface area (Å²) >= 11 is 0. The quantitative estimate of drug-likeness (QED) is 0.162. The molecule has 0 fully saturated rings. The van der Waals surface area contributed by atoms with Gasteiger partial charge in [-0.2, -0.15) is 0 Å². The van der Waals surface area contributed by atoms with E-state index in [2.05, 4.69) is 175 Å². The first kappa shape index (κ1) is 35.1. The lowest BCUT2D eigenvalue weighted by Crippen LogP contribution is -2.10. The third-order valence-electron chi connectivity index (χ3n) is 10.8. The summed E-state index contributed by atoms with van der Waals surface area (Å²) in [6, 6.07) is 30.8. The number of rotatable bonds is 2. The topological polar surface area (TPSA) is 18.6 Å². The molecular weight excluding hydrogens is 633 g/mol. The molecular formula is C48H50N4. The molecule has 4 heteroatoms. The van der Waals surface area contributed by atoms with E-state index in [1.165, 1.54) is 33.0 Å². The van der Waals surface area contributed by atoms with E-state index < -0.39 is 0 Å². The highest BCUT2D eigenvalue weighted by Crippen LogP contribution is 2.45. The third kappa shape index (κ3) is 5.66. The number of hydrogen-bond donors (Lipinski definition) is 0.